The number of nitrogens with zero attached hydrogens (tertiary/aromatic N) is 1. The standard InChI is InChI=1S/C23H29F5N2O2/c24-18-7-17(8-19(9-18)32-21(25)26)20(31)29-12-16-10-22(11-16)13-30(14-22)6-3-15-1-4-23(27,28)5-2-15/h7-9,15-16,21H,1-6,10-14H2,(H,29,31). The van der Waals surface area contributed by atoms with Gasteiger partial charge in [0.05, 0.1) is 0 Å². The highest BCUT2D eigenvalue weighted by Crippen LogP contribution is 2.51. The maximum Gasteiger partial charge on any atom is 0.387 e. The smallest absolute Gasteiger partial charge is 0.387 e. The second-order valence-electron chi connectivity index (χ2n) is 9.84. The van der Waals surface area contributed by atoms with Crippen molar-refractivity contribution in [3.8, 4) is 5.75 Å². The van der Waals surface area contributed by atoms with Gasteiger partial charge in [-0.1, -0.05) is 0 Å². The summed E-state index contributed by atoms with van der Waals surface area (Å²) in [5, 5.41) is 2.76. The lowest BCUT2D eigenvalue weighted by Gasteiger charge is -2.59. The van der Waals surface area contributed by atoms with E-state index < -0.39 is 24.3 Å². The van der Waals surface area contributed by atoms with Crippen LogP contribution in [0.4, 0.5) is 22.0 Å². The normalized spacial score (nSPS) is 23.1. The van der Waals surface area contributed by atoms with E-state index in [0.717, 1.165) is 57.1 Å². The molecule has 32 heavy (non-hydrogen) atoms. The first-order valence-corrected chi connectivity index (χ1v) is 11.3. The van der Waals surface area contributed by atoms with Crippen molar-refractivity contribution in [1.29, 1.82) is 0 Å². The van der Waals surface area contributed by atoms with Crippen LogP contribution in [0.25, 0.3) is 0 Å². The van der Waals surface area contributed by atoms with Crippen LogP contribution in [0, 0.1) is 23.1 Å². The fraction of sp³-hybridized carbons (Fsp3) is 0.696. The molecule has 0 bridgehead atoms. The molecule has 0 unspecified atom stereocenters. The molecule has 3 fully saturated rings. The lowest BCUT2D eigenvalue weighted by atomic mass is 9.57. The van der Waals surface area contributed by atoms with Crippen LogP contribution < -0.4 is 10.1 Å². The summed E-state index contributed by atoms with van der Waals surface area (Å²) in [5.41, 5.74) is 0.247. The van der Waals surface area contributed by atoms with E-state index in [9.17, 15) is 26.7 Å². The average Bonchev–Trinajstić information content (AvgIpc) is 2.64. The van der Waals surface area contributed by atoms with Gasteiger partial charge in [0.25, 0.3) is 5.91 Å². The largest absolute Gasteiger partial charge is 0.435 e. The lowest BCUT2D eigenvalue weighted by Crippen LogP contribution is -2.63. The Morgan fingerprint density at radius 1 is 1.12 bits per heavy atom. The number of benzene rings is 1. The van der Waals surface area contributed by atoms with Crippen LogP contribution in [-0.4, -0.2) is 49.5 Å². The molecule has 178 valence electrons. The molecule has 1 saturated heterocycles. The SMILES string of the molecule is O=C(NCC1CC2(C1)CN(CCC1CCC(F)(F)CC1)C2)c1cc(F)cc(OC(F)F)c1. The first-order valence-electron chi connectivity index (χ1n) is 11.3. The van der Waals surface area contributed by atoms with Crippen molar-refractivity contribution < 1.29 is 31.5 Å². The van der Waals surface area contributed by atoms with E-state index in [1.807, 2.05) is 0 Å². The lowest BCUT2D eigenvalue weighted by molar-refractivity contribution is -0.0963. The van der Waals surface area contributed by atoms with Crippen molar-refractivity contribution in [2.45, 2.75) is 57.5 Å². The zero-order chi connectivity index (χ0) is 22.9. The summed E-state index contributed by atoms with van der Waals surface area (Å²) in [6.07, 6.45) is 4.27. The molecule has 1 spiro atoms. The highest BCUT2D eigenvalue weighted by molar-refractivity contribution is 5.94. The second kappa shape index (κ2) is 9.15. The van der Waals surface area contributed by atoms with E-state index in [-0.39, 0.29) is 24.2 Å². The first-order chi connectivity index (χ1) is 15.1. The predicted molar refractivity (Wildman–Crippen MR) is 108 cm³/mol. The third-order valence-electron chi connectivity index (χ3n) is 7.16. The summed E-state index contributed by atoms with van der Waals surface area (Å²) >= 11 is 0. The quantitative estimate of drug-likeness (QED) is 0.550. The van der Waals surface area contributed by atoms with Crippen molar-refractivity contribution in [3.63, 3.8) is 0 Å². The van der Waals surface area contributed by atoms with Gasteiger partial charge in [0.15, 0.2) is 0 Å². The summed E-state index contributed by atoms with van der Waals surface area (Å²) in [7, 11) is 0. The van der Waals surface area contributed by atoms with E-state index in [1.54, 1.807) is 0 Å². The van der Waals surface area contributed by atoms with Gasteiger partial charge in [-0.3, -0.25) is 4.79 Å². The number of alkyl halides is 4. The van der Waals surface area contributed by atoms with Crippen LogP contribution in [0.15, 0.2) is 18.2 Å². The minimum absolute atomic E-state index is 0.0190. The molecular formula is C23H29F5N2O2. The van der Waals surface area contributed by atoms with Gasteiger partial charge < -0.3 is 15.0 Å². The Morgan fingerprint density at radius 3 is 2.47 bits per heavy atom. The molecule has 3 aliphatic rings. The van der Waals surface area contributed by atoms with Crippen molar-refractivity contribution in [3.05, 3.63) is 29.6 Å². The Bertz CT molecular complexity index is 811. The fourth-order valence-electron chi connectivity index (χ4n) is 5.59. The minimum Gasteiger partial charge on any atom is -0.435 e. The molecule has 2 aliphatic carbocycles. The van der Waals surface area contributed by atoms with Gasteiger partial charge in [0.2, 0.25) is 5.92 Å². The zero-order valence-corrected chi connectivity index (χ0v) is 17.9. The highest BCUT2D eigenvalue weighted by Gasteiger charge is 2.51. The van der Waals surface area contributed by atoms with Crippen molar-refractivity contribution in [2.24, 2.45) is 17.3 Å². The zero-order valence-electron chi connectivity index (χ0n) is 17.9. The molecular weight excluding hydrogens is 431 g/mol. The van der Waals surface area contributed by atoms with Gasteiger partial charge in [-0.2, -0.15) is 8.78 Å². The van der Waals surface area contributed by atoms with Gasteiger partial charge >= 0.3 is 6.61 Å². The number of hydrogen-bond acceptors (Lipinski definition) is 3. The summed E-state index contributed by atoms with van der Waals surface area (Å²) in [6, 6.07) is 2.90. The van der Waals surface area contributed by atoms with Crippen LogP contribution in [0.5, 0.6) is 5.75 Å². The Morgan fingerprint density at radius 2 is 1.81 bits per heavy atom. The van der Waals surface area contributed by atoms with Crippen molar-refractivity contribution in [2.75, 3.05) is 26.2 Å². The van der Waals surface area contributed by atoms with E-state index in [1.165, 1.54) is 0 Å². The number of rotatable bonds is 8. The second-order valence-corrected chi connectivity index (χ2v) is 9.84. The number of carbonyl (C=O) groups is 1. The first kappa shape index (κ1) is 23.3. The number of amides is 1. The van der Waals surface area contributed by atoms with Crippen LogP contribution in [0.3, 0.4) is 0 Å². The van der Waals surface area contributed by atoms with Gasteiger partial charge in [-0.05, 0) is 68.0 Å². The molecule has 0 aromatic heterocycles. The maximum atomic E-state index is 13.6. The number of hydrogen-bond donors (Lipinski definition) is 1. The topological polar surface area (TPSA) is 41.6 Å². The Balaban J connectivity index is 1.13. The third-order valence-corrected chi connectivity index (χ3v) is 7.16. The number of ether oxygens (including phenoxy) is 1. The molecule has 2 saturated carbocycles. The van der Waals surface area contributed by atoms with Crippen molar-refractivity contribution in [1.82, 2.24) is 10.2 Å². The summed E-state index contributed by atoms with van der Waals surface area (Å²) < 4.78 is 68.9. The molecule has 4 nitrogen and oxygen atoms in total. The molecule has 4 rings (SSSR count). The molecule has 0 radical (unpaired) electrons. The number of carbonyl (C=O) groups excluding carboxylic acids is 1. The fourth-order valence-corrected chi connectivity index (χ4v) is 5.59. The minimum atomic E-state index is -3.09. The Hall–Kier alpha value is -1.90. The third kappa shape index (κ3) is 5.71. The summed E-state index contributed by atoms with van der Waals surface area (Å²) in [4.78, 5) is 14.7. The van der Waals surface area contributed by atoms with Crippen LogP contribution in [0.1, 0.15) is 55.3 Å². The monoisotopic (exact) mass is 460 g/mol. The molecule has 1 N–H and O–H groups in total. The number of nitrogens with one attached hydrogen (secondary N) is 1. The van der Waals surface area contributed by atoms with Gasteiger partial charge in [0.1, 0.15) is 11.6 Å². The predicted octanol–water partition coefficient (Wildman–Crippen LogP) is 5.08. The Kier molecular flexibility index (Phi) is 6.66. The molecule has 0 atom stereocenters. The molecule has 1 heterocycles. The summed E-state index contributed by atoms with van der Waals surface area (Å²) in [6.45, 7) is 0.352. The molecule has 1 aromatic carbocycles. The number of halogens is 5. The molecule has 1 aromatic rings. The van der Waals surface area contributed by atoms with Crippen LogP contribution >= 0.6 is 0 Å². The van der Waals surface area contributed by atoms with Crippen LogP contribution in [-0.2, 0) is 0 Å². The highest BCUT2D eigenvalue weighted by atomic mass is 19.3. The summed E-state index contributed by atoms with van der Waals surface area (Å²) in [5.74, 6) is -3.43. The van der Waals surface area contributed by atoms with Crippen LogP contribution in [0.2, 0.25) is 0 Å². The number of likely N-dealkylation sites (tertiary alicyclic amines) is 1. The molecule has 1 aliphatic heterocycles. The van der Waals surface area contributed by atoms with Crippen molar-refractivity contribution >= 4 is 5.91 Å². The van der Waals surface area contributed by atoms with E-state index >= 15 is 0 Å². The maximum absolute atomic E-state index is 13.6. The Labute approximate surface area is 184 Å². The van der Waals surface area contributed by atoms with E-state index in [0.29, 0.717) is 36.6 Å². The average molecular weight is 460 g/mol. The van der Waals surface area contributed by atoms with Gasteiger partial charge in [-0.15, -0.1) is 0 Å². The van der Waals surface area contributed by atoms with E-state index in [4.69, 9.17) is 0 Å². The molecule has 9 heteroatoms. The van der Waals surface area contributed by atoms with Gasteiger partial charge in [-0.25, -0.2) is 13.2 Å². The molecule has 1 amide bonds. The van der Waals surface area contributed by atoms with Gasteiger partial charge in [0, 0.05) is 44.1 Å². The van der Waals surface area contributed by atoms with E-state index in [2.05, 4.69) is 15.0 Å².